The minimum absolute atomic E-state index is 1.15. The Bertz CT molecular complexity index is 902. The summed E-state index contributed by atoms with van der Waals surface area (Å²) in [5.74, 6) is 0. The van der Waals surface area contributed by atoms with Crippen LogP contribution in [0.3, 0.4) is 0 Å². The smallest absolute Gasteiger partial charge is 0.450 e. The summed E-state index contributed by atoms with van der Waals surface area (Å²) >= 11 is 0. The molecule has 0 aliphatic heterocycles. The number of rotatable bonds is 5. The van der Waals surface area contributed by atoms with Crippen molar-refractivity contribution in [2.75, 3.05) is 12.3 Å². The molecule has 0 atom stereocenters. The van der Waals surface area contributed by atoms with E-state index in [0.717, 1.165) is 12.3 Å². The molecule has 3 aromatic rings. The maximum absolute atomic E-state index is 9.38. The van der Waals surface area contributed by atoms with Crippen molar-refractivity contribution in [1.29, 1.82) is 0 Å². The number of nitrogens with zero attached hydrogens (tertiary/aromatic N) is 2. The topological polar surface area (TPSA) is 99.3 Å². The van der Waals surface area contributed by atoms with Crippen molar-refractivity contribution >= 4 is 34.7 Å². The second-order valence-electron chi connectivity index (χ2n) is 6.91. The summed E-state index contributed by atoms with van der Waals surface area (Å²) in [6, 6.07) is 33.5. The van der Waals surface area contributed by atoms with Crippen LogP contribution in [0, 0.1) is 0 Å². The van der Waals surface area contributed by atoms with Gasteiger partial charge in [-0.25, -0.2) is 9.59 Å². The third-order valence-corrected chi connectivity index (χ3v) is 13.2. The Kier molecular flexibility index (Phi) is 8.17. The van der Waals surface area contributed by atoms with Crippen molar-refractivity contribution < 1.29 is 19.8 Å². The quantitative estimate of drug-likeness (QED) is 0.414. The zero-order valence-electron chi connectivity index (χ0n) is 17.6. The molecule has 0 saturated carbocycles. The van der Waals surface area contributed by atoms with E-state index in [1.807, 2.05) is 0 Å². The Hall–Kier alpha value is -3.37. The monoisotopic (exact) mass is 438 g/mol. The molecule has 0 bridgehead atoms. The Morgan fingerprint density at radius 3 is 1.06 bits per heavy atom. The van der Waals surface area contributed by atoms with Gasteiger partial charge in [-0.15, -0.1) is 0 Å². The molecule has 6 nitrogen and oxygen atoms in total. The molecule has 31 heavy (non-hydrogen) atoms. The van der Waals surface area contributed by atoms with Crippen molar-refractivity contribution in [2.45, 2.75) is 13.8 Å². The standard InChI is InChI=1S/C22H25P.C2H2N2O4/c1-3-23(4-2,20-14-8-5-9-15-20,21-16-10-6-11-17-21)22-18-12-7-13-19-22;5-1(6)3-4-2(7)8/h5-19H,3-4H2,1-2H3;(H,5,6)(H,7,8). The average molecular weight is 438 g/mol. The molecule has 2 N–H and O–H groups in total. The summed E-state index contributed by atoms with van der Waals surface area (Å²) in [6.45, 7) is 2.31. The predicted octanol–water partition coefficient (Wildman–Crippen LogP) is 5.35. The van der Waals surface area contributed by atoms with Crippen LogP contribution in [0.2, 0.25) is 0 Å². The molecule has 2 amide bonds. The van der Waals surface area contributed by atoms with Crippen LogP contribution >= 0.6 is 6.60 Å². The summed E-state index contributed by atoms with van der Waals surface area (Å²) in [6.07, 6.45) is -0.930. The van der Waals surface area contributed by atoms with Gasteiger partial charge < -0.3 is 10.2 Å². The maximum Gasteiger partial charge on any atom is 0.450 e. The Balaban J connectivity index is 0.000000366. The van der Waals surface area contributed by atoms with E-state index in [9.17, 15) is 9.59 Å². The zero-order chi connectivity index (χ0) is 22.8. The van der Waals surface area contributed by atoms with E-state index in [2.05, 4.69) is 115 Å². The fourth-order valence-corrected chi connectivity index (χ4v) is 10.4. The minimum Gasteiger partial charge on any atom is -0.462 e. The summed E-state index contributed by atoms with van der Waals surface area (Å²) in [7, 11) is 0. The summed E-state index contributed by atoms with van der Waals surface area (Å²) in [5, 5.41) is 24.3. The van der Waals surface area contributed by atoms with Gasteiger partial charge in [-0.3, -0.25) is 0 Å². The van der Waals surface area contributed by atoms with Gasteiger partial charge in [-0.05, 0) is 0 Å². The Labute approximate surface area is 182 Å². The second-order valence-corrected chi connectivity index (χ2v) is 12.7. The molecule has 0 heterocycles. The minimum atomic E-state index is -2.43. The number of amides is 2. The van der Waals surface area contributed by atoms with Crippen LogP contribution in [0.5, 0.6) is 0 Å². The van der Waals surface area contributed by atoms with E-state index in [1.165, 1.54) is 15.9 Å². The van der Waals surface area contributed by atoms with Crippen LogP contribution in [0.25, 0.3) is 0 Å². The number of hydrogen-bond donors (Lipinski definition) is 2. The summed E-state index contributed by atoms with van der Waals surface area (Å²) in [4.78, 5) is 18.8. The second kappa shape index (κ2) is 10.6. The third kappa shape index (κ3) is 4.86. The number of benzene rings is 3. The van der Waals surface area contributed by atoms with Crippen molar-refractivity contribution in [2.24, 2.45) is 10.2 Å². The first-order chi connectivity index (χ1) is 14.9. The third-order valence-electron chi connectivity index (χ3n) is 5.76. The van der Waals surface area contributed by atoms with Gasteiger partial charge in [0.05, 0.1) is 0 Å². The van der Waals surface area contributed by atoms with Crippen LogP contribution in [0.4, 0.5) is 9.59 Å². The van der Waals surface area contributed by atoms with Crippen LogP contribution in [0.1, 0.15) is 13.8 Å². The molecule has 0 spiro atoms. The number of azo groups is 1. The molecule has 0 aromatic heterocycles. The molecule has 0 fully saturated rings. The Morgan fingerprint density at radius 1 is 0.613 bits per heavy atom. The summed E-state index contributed by atoms with van der Waals surface area (Å²) in [5.41, 5.74) is 0. The van der Waals surface area contributed by atoms with Crippen molar-refractivity contribution in [3.63, 3.8) is 0 Å². The first kappa shape index (κ1) is 23.9. The molecule has 0 unspecified atom stereocenters. The number of carboxylic acid groups (broad SMARTS) is 2. The SMILES string of the molecule is CCP(CC)(c1ccccc1)(c1ccccc1)c1ccccc1.O=C(O)N=NC(=O)O. The van der Waals surface area contributed by atoms with E-state index < -0.39 is 18.8 Å². The van der Waals surface area contributed by atoms with Crippen LogP contribution in [-0.4, -0.2) is 34.7 Å². The van der Waals surface area contributed by atoms with E-state index >= 15 is 0 Å². The van der Waals surface area contributed by atoms with Crippen LogP contribution in [-0.2, 0) is 0 Å². The molecule has 0 aliphatic carbocycles. The Morgan fingerprint density at radius 2 is 0.871 bits per heavy atom. The van der Waals surface area contributed by atoms with Crippen molar-refractivity contribution in [1.82, 2.24) is 0 Å². The van der Waals surface area contributed by atoms with Gasteiger partial charge in [0.2, 0.25) is 0 Å². The first-order valence-corrected chi connectivity index (χ1v) is 12.6. The van der Waals surface area contributed by atoms with E-state index in [-0.39, 0.29) is 0 Å². The van der Waals surface area contributed by atoms with Gasteiger partial charge in [0.25, 0.3) is 0 Å². The molecule has 0 aliphatic rings. The van der Waals surface area contributed by atoms with Gasteiger partial charge in [-0.2, -0.15) is 0 Å². The molecule has 0 radical (unpaired) electrons. The van der Waals surface area contributed by atoms with Crippen LogP contribution < -0.4 is 15.9 Å². The van der Waals surface area contributed by atoms with Gasteiger partial charge in [-0.1, -0.05) is 10.2 Å². The largest absolute Gasteiger partial charge is 0.462 e. The maximum atomic E-state index is 9.38. The number of carbonyl (C=O) groups is 2. The van der Waals surface area contributed by atoms with Crippen molar-refractivity contribution in [3.05, 3.63) is 91.0 Å². The summed E-state index contributed by atoms with van der Waals surface area (Å²) < 4.78 is 0. The molecule has 162 valence electrons. The molecule has 3 aromatic carbocycles. The molecule has 3 rings (SSSR count). The van der Waals surface area contributed by atoms with Crippen molar-refractivity contribution in [3.8, 4) is 0 Å². The van der Waals surface area contributed by atoms with Gasteiger partial charge in [0.1, 0.15) is 0 Å². The molecular weight excluding hydrogens is 411 g/mol. The molecular formula is C24H27N2O4P. The first-order valence-electron chi connectivity index (χ1n) is 9.95. The average Bonchev–Trinajstić information content (AvgIpc) is 2.82. The number of hydrogen-bond acceptors (Lipinski definition) is 2. The normalized spacial score (nSPS) is 12.3. The van der Waals surface area contributed by atoms with Gasteiger partial charge in [0.15, 0.2) is 0 Å². The van der Waals surface area contributed by atoms with Crippen LogP contribution in [0.15, 0.2) is 101 Å². The van der Waals surface area contributed by atoms with Gasteiger partial charge >= 0.3 is 152 Å². The van der Waals surface area contributed by atoms with E-state index in [0.29, 0.717) is 0 Å². The van der Waals surface area contributed by atoms with Gasteiger partial charge in [0, 0.05) is 0 Å². The zero-order valence-corrected chi connectivity index (χ0v) is 18.5. The molecule has 7 heteroatoms. The predicted molar refractivity (Wildman–Crippen MR) is 127 cm³/mol. The van der Waals surface area contributed by atoms with E-state index in [1.54, 1.807) is 0 Å². The molecule has 0 saturated heterocycles. The van der Waals surface area contributed by atoms with E-state index in [4.69, 9.17) is 10.2 Å². The fourth-order valence-electron chi connectivity index (χ4n) is 4.22. The fraction of sp³-hybridized carbons (Fsp3) is 0.167.